The maximum Gasteiger partial charge on any atom is 0.387 e. The Morgan fingerprint density at radius 2 is 1.76 bits per heavy atom. The fraction of sp³-hybridized carbons (Fsp3) is 0.435. The lowest BCUT2D eigenvalue weighted by molar-refractivity contribution is -0.0512. The molecule has 0 spiro atoms. The molecule has 0 saturated heterocycles. The highest BCUT2D eigenvalue weighted by molar-refractivity contribution is 6.30. The molecule has 2 aromatic carbocycles. The van der Waals surface area contributed by atoms with Gasteiger partial charge in [0.15, 0.2) is 11.5 Å². The number of hydrogen-bond donors (Lipinski definition) is 0. The maximum absolute atomic E-state index is 12.6. The quantitative estimate of drug-likeness (QED) is 0.348. The van der Waals surface area contributed by atoms with Crippen molar-refractivity contribution in [3.8, 4) is 11.5 Å². The van der Waals surface area contributed by atoms with Gasteiger partial charge in [0.05, 0.1) is 5.56 Å². The van der Waals surface area contributed by atoms with E-state index in [1.165, 1.54) is 62.3 Å². The van der Waals surface area contributed by atoms with Gasteiger partial charge < -0.3 is 9.47 Å². The average Bonchev–Trinajstić information content (AvgIpc) is 2.70. The van der Waals surface area contributed by atoms with E-state index in [1.54, 1.807) is 12.1 Å². The molecular formula is C23H25ClF2O3. The van der Waals surface area contributed by atoms with E-state index in [4.69, 9.17) is 16.3 Å². The van der Waals surface area contributed by atoms with Gasteiger partial charge in [0.25, 0.3) is 0 Å². The van der Waals surface area contributed by atoms with Crippen LogP contribution in [0.5, 0.6) is 11.5 Å². The van der Waals surface area contributed by atoms with Gasteiger partial charge in [-0.25, -0.2) is 4.79 Å². The Kier molecular flexibility index (Phi) is 7.48. The van der Waals surface area contributed by atoms with E-state index >= 15 is 0 Å². The summed E-state index contributed by atoms with van der Waals surface area (Å²) in [5.41, 5.74) is 1.58. The zero-order chi connectivity index (χ0) is 20.8. The number of halogens is 3. The van der Waals surface area contributed by atoms with Crippen LogP contribution in [-0.4, -0.2) is 12.6 Å². The molecule has 1 aliphatic rings. The zero-order valence-electron chi connectivity index (χ0n) is 16.4. The number of rotatable bonds is 7. The molecule has 156 valence electrons. The molecule has 0 N–H and O–H groups in total. The van der Waals surface area contributed by atoms with Crippen molar-refractivity contribution in [1.82, 2.24) is 0 Å². The Bertz CT molecular complexity index is 815. The molecule has 1 aliphatic carbocycles. The van der Waals surface area contributed by atoms with Crippen LogP contribution in [0.15, 0.2) is 42.5 Å². The summed E-state index contributed by atoms with van der Waals surface area (Å²) in [6.45, 7) is -0.811. The van der Waals surface area contributed by atoms with Crippen LogP contribution in [0.1, 0.15) is 67.3 Å². The van der Waals surface area contributed by atoms with E-state index in [0.29, 0.717) is 11.5 Å². The van der Waals surface area contributed by atoms with Crippen LogP contribution in [0.25, 0.3) is 0 Å². The SMILES string of the molecule is CCCC1CCC(c2ccc(C(=O)Oc3ccc(Cl)cc3OC(F)F)cc2)CC1. The number of alkyl halides is 2. The predicted octanol–water partition coefficient (Wildman–Crippen LogP) is 7.23. The molecule has 0 heterocycles. The summed E-state index contributed by atoms with van der Waals surface area (Å²) in [5, 5.41) is 0.207. The van der Waals surface area contributed by atoms with E-state index < -0.39 is 12.6 Å². The molecule has 0 aromatic heterocycles. The lowest BCUT2D eigenvalue weighted by Gasteiger charge is -2.28. The molecule has 1 fully saturated rings. The highest BCUT2D eigenvalue weighted by atomic mass is 35.5. The largest absolute Gasteiger partial charge is 0.431 e. The monoisotopic (exact) mass is 422 g/mol. The molecule has 0 radical (unpaired) electrons. The van der Waals surface area contributed by atoms with Gasteiger partial charge >= 0.3 is 12.6 Å². The van der Waals surface area contributed by atoms with E-state index in [9.17, 15) is 13.6 Å². The predicted molar refractivity (Wildman–Crippen MR) is 109 cm³/mol. The van der Waals surface area contributed by atoms with E-state index in [1.807, 2.05) is 12.1 Å². The molecule has 0 amide bonds. The zero-order valence-corrected chi connectivity index (χ0v) is 17.1. The van der Waals surface area contributed by atoms with Gasteiger partial charge in [0.2, 0.25) is 0 Å². The van der Waals surface area contributed by atoms with Crippen molar-refractivity contribution < 1.29 is 23.0 Å². The maximum atomic E-state index is 12.6. The number of carbonyl (C=O) groups excluding carboxylic acids is 1. The summed E-state index contributed by atoms with van der Waals surface area (Å²) in [6.07, 6.45) is 7.40. The van der Waals surface area contributed by atoms with Crippen molar-refractivity contribution in [3.63, 3.8) is 0 Å². The fourth-order valence-corrected chi connectivity index (χ4v) is 4.16. The normalized spacial score (nSPS) is 19.2. The molecule has 0 unspecified atom stereocenters. The molecule has 0 atom stereocenters. The van der Waals surface area contributed by atoms with Crippen LogP contribution >= 0.6 is 11.6 Å². The van der Waals surface area contributed by atoms with Gasteiger partial charge in [-0.05, 0) is 67.3 Å². The minimum absolute atomic E-state index is 0.0991. The average molecular weight is 423 g/mol. The highest BCUT2D eigenvalue weighted by Crippen LogP contribution is 2.37. The van der Waals surface area contributed by atoms with E-state index in [2.05, 4.69) is 11.7 Å². The Morgan fingerprint density at radius 3 is 2.38 bits per heavy atom. The minimum Gasteiger partial charge on any atom is -0.431 e. The molecule has 3 nitrogen and oxygen atoms in total. The molecule has 0 aliphatic heterocycles. The third kappa shape index (κ3) is 5.92. The van der Waals surface area contributed by atoms with Crippen molar-refractivity contribution in [2.45, 2.75) is 58.0 Å². The summed E-state index contributed by atoms with van der Waals surface area (Å²) in [5.74, 6) is 0.356. The van der Waals surface area contributed by atoms with Gasteiger partial charge in [-0.15, -0.1) is 0 Å². The van der Waals surface area contributed by atoms with Crippen LogP contribution in [0.4, 0.5) is 8.78 Å². The first-order valence-corrected chi connectivity index (χ1v) is 10.4. The molecule has 0 bridgehead atoms. The van der Waals surface area contributed by atoms with Crippen molar-refractivity contribution in [1.29, 1.82) is 0 Å². The van der Waals surface area contributed by atoms with Gasteiger partial charge in [0, 0.05) is 11.1 Å². The highest BCUT2D eigenvalue weighted by Gasteiger charge is 2.22. The molecule has 1 saturated carbocycles. The Morgan fingerprint density at radius 1 is 1.07 bits per heavy atom. The van der Waals surface area contributed by atoms with Crippen LogP contribution in [-0.2, 0) is 0 Å². The van der Waals surface area contributed by atoms with Crippen molar-refractivity contribution >= 4 is 17.6 Å². The van der Waals surface area contributed by atoms with Gasteiger partial charge in [-0.1, -0.05) is 43.5 Å². The number of hydrogen-bond acceptors (Lipinski definition) is 3. The summed E-state index contributed by atoms with van der Waals surface area (Å²) in [7, 11) is 0. The Labute approximate surface area is 175 Å². The second kappa shape index (κ2) is 10.1. The van der Waals surface area contributed by atoms with E-state index in [-0.39, 0.29) is 16.5 Å². The van der Waals surface area contributed by atoms with Crippen LogP contribution < -0.4 is 9.47 Å². The number of esters is 1. The molecule has 2 aromatic rings. The lowest BCUT2D eigenvalue weighted by Crippen LogP contribution is -2.14. The summed E-state index contributed by atoms with van der Waals surface area (Å²) >= 11 is 5.81. The van der Waals surface area contributed by atoms with Crippen molar-refractivity contribution in [3.05, 3.63) is 58.6 Å². The Balaban J connectivity index is 1.64. The third-order valence-electron chi connectivity index (χ3n) is 5.49. The molecule has 3 rings (SSSR count). The van der Waals surface area contributed by atoms with Crippen molar-refractivity contribution in [2.24, 2.45) is 5.92 Å². The Hall–Kier alpha value is -2.14. The van der Waals surface area contributed by atoms with Gasteiger partial charge in [-0.3, -0.25) is 0 Å². The number of ether oxygens (including phenoxy) is 2. The number of benzene rings is 2. The summed E-state index contributed by atoms with van der Waals surface area (Å²) in [4.78, 5) is 12.4. The summed E-state index contributed by atoms with van der Waals surface area (Å²) in [6, 6.07) is 11.3. The molecular weight excluding hydrogens is 398 g/mol. The second-order valence-electron chi connectivity index (χ2n) is 7.49. The first kappa shape index (κ1) is 21.6. The minimum atomic E-state index is -3.04. The van der Waals surface area contributed by atoms with Crippen LogP contribution in [0.3, 0.4) is 0 Å². The van der Waals surface area contributed by atoms with Crippen LogP contribution in [0.2, 0.25) is 5.02 Å². The topological polar surface area (TPSA) is 35.5 Å². The smallest absolute Gasteiger partial charge is 0.387 e. The lowest BCUT2D eigenvalue weighted by atomic mass is 9.77. The second-order valence-corrected chi connectivity index (χ2v) is 7.92. The fourth-order valence-electron chi connectivity index (χ4n) is 4.00. The molecule has 29 heavy (non-hydrogen) atoms. The van der Waals surface area contributed by atoms with Crippen LogP contribution in [0, 0.1) is 5.92 Å². The molecule has 6 heteroatoms. The van der Waals surface area contributed by atoms with Gasteiger partial charge in [-0.2, -0.15) is 8.78 Å². The number of carbonyl (C=O) groups is 1. The standard InChI is InChI=1S/C23H25ClF2O3/c1-2-3-15-4-6-16(7-5-15)17-8-10-18(11-9-17)22(27)28-20-13-12-19(24)14-21(20)29-23(25)26/h8-16,23H,2-7H2,1H3. The van der Waals surface area contributed by atoms with Gasteiger partial charge in [0.1, 0.15) is 0 Å². The van der Waals surface area contributed by atoms with E-state index in [0.717, 1.165) is 5.92 Å². The third-order valence-corrected chi connectivity index (χ3v) is 5.72. The van der Waals surface area contributed by atoms with Crippen molar-refractivity contribution in [2.75, 3.05) is 0 Å². The first-order chi connectivity index (χ1) is 14.0. The first-order valence-electron chi connectivity index (χ1n) is 10.0. The summed E-state index contributed by atoms with van der Waals surface area (Å²) < 4.78 is 34.8.